The Morgan fingerprint density at radius 2 is 1.69 bits per heavy atom. The average Bonchev–Trinajstić information content (AvgIpc) is 2.88. The summed E-state index contributed by atoms with van der Waals surface area (Å²) in [6.07, 6.45) is 1.75. The fourth-order valence-electron chi connectivity index (χ4n) is 3.34. The van der Waals surface area contributed by atoms with E-state index in [1.807, 2.05) is 48.2 Å². The fraction of sp³-hybridized carbons (Fsp3) is 0.481. The minimum Gasteiger partial charge on any atom is -0.497 e. The Morgan fingerprint density at radius 1 is 1.00 bits per heavy atom. The zero-order chi connectivity index (χ0) is 26.2. The smallest absolute Gasteiger partial charge is 0.333 e. The van der Waals surface area contributed by atoms with E-state index < -0.39 is 12.1 Å². The number of urea groups is 1. The summed E-state index contributed by atoms with van der Waals surface area (Å²) in [7, 11) is 1.60. The standard InChI is InChI=1S/C27H38N2O6S/c1-4-6-18-36-19-16-29(27(32)28-22-9-13-23(33-3)14-10-22)15-17-35-24-11-7-21(8-12-24)20-25(26(30)31)34-5-2/h7-14,25H,4-6,15-20H2,1-3H3,(H,28,32)(H,30,31). The van der Waals surface area contributed by atoms with Gasteiger partial charge in [-0.15, -0.1) is 0 Å². The van der Waals surface area contributed by atoms with Gasteiger partial charge in [0.25, 0.3) is 0 Å². The lowest BCUT2D eigenvalue weighted by atomic mass is 10.1. The van der Waals surface area contributed by atoms with Crippen LogP contribution in [0, 0.1) is 0 Å². The number of carboxylic acid groups (broad SMARTS) is 1. The number of anilines is 1. The zero-order valence-corrected chi connectivity index (χ0v) is 22.2. The molecule has 9 heteroatoms. The number of amides is 2. The minimum atomic E-state index is -0.974. The number of ether oxygens (including phenoxy) is 3. The zero-order valence-electron chi connectivity index (χ0n) is 21.4. The van der Waals surface area contributed by atoms with Gasteiger partial charge < -0.3 is 29.5 Å². The van der Waals surface area contributed by atoms with Crippen molar-refractivity contribution in [1.82, 2.24) is 4.90 Å². The molecule has 8 nitrogen and oxygen atoms in total. The predicted molar refractivity (Wildman–Crippen MR) is 145 cm³/mol. The first-order valence-corrected chi connectivity index (χ1v) is 13.5. The number of hydrogen-bond acceptors (Lipinski definition) is 6. The third-order valence-electron chi connectivity index (χ3n) is 5.39. The molecule has 0 aliphatic heterocycles. The van der Waals surface area contributed by atoms with Gasteiger partial charge in [0.05, 0.1) is 13.7 Å². The highest BCUT2D eigenvalue weighted by Gasteiger charge is 2.18. The SMILES string of the molecule is CCCCSCCN(CCOc1ccc(CC(OCC)C(=O)O)cc1)C(=O)Nc1ccc(OC)cc1. The maximum Gasteiger partial charge on any atom is 0.333 e. The maximum atomic E-state index is 12.9. The minimum absolute atomic E-state index is 0.175. The first-order valence-electron chi connectivity index (χ1n) is 12.3. The van der Waals surface area contributed by atoms with E-state index in [0.717, 1.165) is 29.2 Å². The largest absolute Gasteiger partial charge is 0.497 e. The first-order chi connectivity index (χ1) is 17.5. The topological polar surface area (TPSA) is 97.3 Å². The Morgan fingerprint density at radius 3 is 2.31 bits per heavy atom. The molecule has 0 aromatic heterocycles. The molecule has 2 N–H and O–H groups in total. The number of hydrogen-bond donors (Lipinski definition) is 2. The molecule has 0 heterocycles. The van der Waals surface area contributed by atoms with Crippen molar-refractivity contribution in [3.8, 4) is 11.5 Å². The van der Waals surface area contributed by atoms with Crippen LogP contribution in [-0.2, 0) is 16.0 Å². The van der Waals surface area contributed by atoms with Crippen LogP contribution in [0.1, 0.15) is 32.3 Å². The summed E-state index contributed by atoms with van der Waals surface area (Å²) in [5, 5.41) is 12.2. The highest BCUT2D eigenvalue weighted by atomic mass is 32.2. The number of unbranched alkanes of at least 4 members (excludes halogenated alkanes) is 1. The van der Waals surface area contributed by atoms with Crippen molar-refractivity contribution in [2.45, 2.75) is 39.2 Å². The van der Waals surface area contributed by atoms with Gasteiger partial charge in [-0.25, -0.2) is 9.59 Å². The van der Waals surface area contributed by atoms with Crippen LogP contribution in [-0.4, -0.2) is 73.0 Å². The molecule has 2 amide bonds. The van der Waals surface area contributed by atoms with Crippen LogP contribution in [0.3, 0.4) is 0 Å². The molecule has 0 fully saturated rings. The molecule has 0 saturated heterocycles. The van der Waals surface area contributed by atoms with Gasteiger partial charge in [0.15, 0.2) is 6.10 Å². The molecule has 198 valence electrons. The second kappa shape index (κ2) is 16.7. The molecular formula is C27H38N2O6S. The molecule has 0 aliphatic rings. The summed E-state index contributed by atoms with van der Waals surface area (Å²) in [4.78, 5) is 26.0. The Kier molecular flexibility index (Phi) is 13.6. The molecule has 0 spiro atoms. The number of nitrogens with zero attached hydrogens (tertiary/aromatic N) is 1. The van der Waals surface area contributed by atoms with Crippen LogP contribution < -0.4 is 14.8 Å². The number of benzene rings is 2. The molecule has 0 aliphatic carbocycles. The third-order valence-corrected chi connectivity index (χ3v) is 6.44. The van der Waals surface area contributed by atoms with E-state index in [-0.39, 0.29) is 6.03 Å². The van der Waals surface area contributed by atoms with Crippen LogP contribution in [0.25, 0.3) is 0 Å². The van der Waals surface area contributed by atoms with Gasteiger partial charge in [0.1, 0.15) is 18.1 Å². The monoisotopic (exact) mass is 518 g/mol. The summed E-state index contributed by atoms with van der Waals surface area (Å²) in [5.41, 5.74) is 1.56. The molecular weight excluding hydrogens is 480 g/mol. The number of methoxy groups -OCH3 is 1. The van der Waals surface area contributed by atoms with Gasteiger partial charge in [0, 0.05) is 31.0 Å². The van der Waals surface area contributed by atoms with E-state index in [2.05, 4.69) is 12.2 Å². The summed E-state index contributed by atoms with van der Waals surface area (Å²) in [6, 6.07) is 14.3. The summed E-state index contributed by atoms with van der Waals surface area (Å²) in [5.74, 6) is 2.36. The number of rotatable bonds is 17. The number of carbonyl (C=O) groups excluding carboxylic acids is 1. The number of carboxylic acids is 1. The van der Waals surface area contributed by atoms with Crippen LogP contribution >= 0.6 is 11.8 Å². The molecule has 36 heavy (non-hydrogen) atoms. The molecule has 0 saturated carbocycles. The molecule has 1 unspecified atom stereocenters. The third kappa shape index (κ3) is 10.8. The average molecular weight is 519 g/mol. The highest BCUT2D eigenvalue weighted by molar-refractivity contribution is 7.99. The Bertz CT molecular complexity index is 907. The van der Waals surface area contributed by atoms with E-state index >= 15 is 0 Å². The van der Waals surface area contributed by atoms with Gasteiger partial charge in [-0.05, 0) is 61.1 Å². The fourth-order valence-corrected chi connectivity index (χ4v) is 4.39. The van der Waals surface area contributed by atoms with Gasteiger partial charge >= 0.3 is 12.0 Å². The van der Waals surface area contributed by atoms with E-state index in [9.17, 15) is 14.7 Å². The second-order valence-electron chi connectivity index (χ2n) is 8.09. The van der Waals surface area contributed by atoms with E-state index in [1.54, 1.807) is 31.1 Å². The normalized spacial score (nSPS) is 11.5. The van der Waals surface area contributed by atoms with Crippen LogP contribution in [0.5, 0.6) is 11.5 Å². The molecule has 2 aromatic rings. The number of carbonyl (C=O) groups is 2. The van der Waals surface area contributed by atoms with Crippen LogP contribution in [0.15, 0.2) is 48.5 Å². The predicted octanol–water partition coefficient (Wildman–Crippen LogP) is 5.17. The Balaban J connectivity index is 1.90. The van der Waals surface area contributed by atoms with Crippen molar-refractivity contribution >= 4 is 29.4 Å². The molecule has 0 bridgehead atoms. The summed E-state index contributed by atoms with van der Waals surface area (Å²) >= 11 is 1.85. The summed E-state index contributed by atoms with van der Waals surface area (Å²) in [6.45, 7) is 5.68. The maximum absolute atomic E-state index is 12.9. The molecule has 0 radical (unpaired) electrons. The van der Waals surface area contributed by atoms with Crippen molar-refractivity contribution < 1.29 is 28.9 Å². The quantitative estimate of drug-likeness (QED) is 0.279. The van der Waals surface area contributed by atoms with Crippen molar-refractivity contribution in [2.24, 2.45) is 0 Å². The Hall–Kier alpha value is -2.91. The number of nitrogens with one attached hydrogen (secondary N) is 1. The molecule has 1 atom stereocenters. The van der Waals surface area contributed by atoms with Gasteiger partial charge in [-0.2, -0.15) is 11.8 Å². The van der Waals surface area contributed by atoms with E-state index in [4.69, 9.17) is 14.2 Å². The summed E-state index contributed by atoms with van der Waals surface area (Å²) < 4.78 is 16.3. The van der Waals surface area contributed by atoms with Gasteiger partial charge in [-0.1, -0.05) is 25.5 Å². The second-order valence-corrected chi connectivity index (χ2v) is 9.32. The van der Waals surface area contributed by atoms with E-state index in [1.165, 1.54) is 6.42 Å². The lowest BCUT2D eigenvalue weighted by Gasteiger charge is -2.23. The molecule has 2 rings (SSSR count). The van der Waals surface area contributed by atoms with Gasteiger partial charge in [-0.3, -0.25) is 0 Å². The lowest BCUT2D eigenvalue weighted by molar-refractivity contribution is -0.149. The van der Waals surface area contributed by atoms with Crippen LogP contribution in [0.4, 0.5) is 10.5 Å². The lowest BCUT2D eigenvalue weighted by Crippen LogP contribution is -2.39. The van der Waals surface area contributed by atoms with Crippen molar-refractivity contribution in [3.05, 3.63) is 54.1 Å². The molecule has 2 aromatic carbocycles. The van der Waals surface area contributed by atoms with Gasteiger partial charge in [0.2, 0.25) is 0 Å². The highest BCUT2D eigenvalue weighted by Crippen LogP contribution is 2.17. The van der Waals surface area contributed by atoms with Crippen LogP contribution in [0.2, 0.25) is 0 Å². The van der Waals surface area contributed by atoms with Crippen molar-refractivity contribution in [3.63, 3.8) is 0 Å². The van der Waals surface area contributed by atoms with Crippen molar-refractivity contribution in [2.75, 3.05) is 50.2 Å². The van der Waals surface area contributed by atoms with Crippen molar-refractivity contribution in [1.29, 1.82) is 0 Å². The number of thioether (sulfide) groups is 1. The van der Waals surface area contributed by atoms with E-state index in [0.29, 0.717) is 44.2 Å². The number of aliphatic carboxylic acids is 1. The Labute approximate surface area is 218 Å². The first kappa shape index (κ1) is 29.3.